The van der Waals surface area contributed by atoms with E-state index in [1.54, 1.807) is 0 Å². The number of benzene rings is 2. The van der Waals surface area contributed by atoms with Crippen LogP contribution in [-0.4, -0.2) is 6.54 Å². The predicted molar refractivity (Wildman–Crippen MR) is 111 cm³/mol. The quantitative estimate of drug-likeness (QED) is 0.422. The van der Waals surface area contributed by atoms with Gasteiger partial charge < -0.3 is 9.80 Å². The van der Waals surface area contributed by atoms with Crippen molar-refractivity contribution in [1.29, 1.82) is 0 Å². The first-order chi connectivity index (χ1) is 12.3. The van der Waals surface area contributed by atoms with Crippen molar-refractivity contribution in [1.82, 2.24) is 0 Å². The maximum absolute atomic E-state index is 3.40. The number of nitrogens with zero attached hydrogens (tertiary/aromatic N) is 2. The minimum atomic E-state index is 0. The Morgan fingerprint density at radius 2 is 1.63 bits per heavy atom. The molecule has 2 aromatic carbocycles. The van der Waals surface area contributed by atoms with E-state index in [2.05, 4.69) is 81.4 Å². The maximum Gasteiger partial charge on any atom is 0.0329 e. The molecule has 4 rings (SSSR count). The topological polar surface area (TPSA) is 6.48 Å². The fourth-order valence-electron chi connectivity index (χ4n) is 4.42. The van der Waals surface area contributed by atoms with Gasteiger partial charge >= 0.3 is 0 Å². The van der Waals surface area contributed by atoms with Crippen molar-refractivity contribution in [3.05, 3.63) is 60.3 Å². The molecule has 0 fully saturated rings. The van der Waals surface area contributed by atoms with Crippen LogP contribution in [0.2, 0.25) is 0 Å². The molecule has 0 unspecified atom stereocenters. The summed E-state index contributed by atoms with van der Waals surface area (Å²) >= 11 is 0. The van der Waals surface area contributed by atoms with Crippen molar-refractivity contribution in [2.45, 2.75) is 64.7 Å². The summed E-state index contributed by atoms with van der Waals surface area (Å²) in [4.78, 5) is 4.72. The second-order valence-electron chi connectivity index (χ2n) is 9.08. The first-order valence-corrected chi connectivity index (χ1v) is 9.90. The second kappa shape index (κ2) is 7.26. The summed E-state index contributed by atoms with van der Waals surface area (Å²) in [5, 5.41) is 0. The number of rotatable bonds is 3. The van der Waals surface area contributed by atoms with Crippen LogP contribution in [0.4, 0.5) is 17.1 Å². The van der Waals surface area contributed by atoms with Gasteiger partial charge in [0.15, 0.2) is 0 Å². The Balaban J connectivity index is 0.00000210. The van der Waals surface area contributed by atoms with Crippen LogP contribution in [0.15, 0.2) is 36.4 Å². The van der Waals surface area contributed by atoms with E-state index >= 15 is 0 Å². The summed E-state index contributed by atoms with van der Waals surface area (Å²) < 4.78 is 0. The third-order valence-electron chi connectivity index (χ3n) is 6.19. The molecule has 0 amide bonds. The summed E-state index contributed by atoms with van der Waals surface area (Å²) in [6.07, 6.45) is 3.62. The Labute approximate surface area is 178 Å². The van der Waals surface area contributed by atoms with Crippen molar-refractivity contribution < 1.29 is 20.1 Å². The van der Waals surface area contributed by atoms with Gasteiger partial charge in [-0.15, -0.1) is 5.69 Å². The normalized spacial score (nSPS) is 19.3. The maximum atomic E-state index is 3.40. The van der Waals surface area contributed by atoms with Crippen LogP contribution in [0, 0.1) is 12.7 Å². The molecule has 2 aromatic rings. The molecular formula is C24H30IrN2-2. The standard InChI is InChI=1S/C24H30N2.Ir/c1-6-14-25-17-26(18-10-8-7-9-11-18)22-16-20-19(15-21(22)25)23(2,3)12-13-24(20,4)5;/h7-10,15-17H,6,12-14H2,1-5H3;/q-2;. The predicted octanol–water partition coefficient (Wildman–Crippen LogP) is 6.32. The summed E-state index contributed by atoms with van der Waals surface area (Å²) in [7, 11) is 0. The van der Waals surface area contributed by atoms with E-state index in [0.717, 1.165) is 18.7 Å². The van der Waals surface area contributed by atoms with Crippen LogP contribution < -0.4 is 9.80 Å². The zero-order valence-corrected chi connectivity index (χ0v) is 19.5. The number of para-hydroxylation sites is 1. The number of hydrogen-bond acceptors (Lipinski definition) is 2. The molecule has 2 nitrogen and oxygen atoms in total. The van der Waals surface area contributed by atoms with Gasteiger partial charge in [0.05, 0.1) is 0 Å². The van der Waals surface area contributed by atoms with Gasteiger partial charge in [0.1, 0.15) is 0 Å². The number of anilines is 3. The Morgan fingerprint density at radius 1 is 1.00 bits per heavy atom. The van der Waals surface area contributed by atoms with Crippen LogP contribution in [0.25, 0.3) is 0 Å². The van der Waals surface area contributed by atoms with E-state index in [0.29, 0.717) is 0 Å². The first kappa shape index (κ1) is 20.4. The van der Waals surface area contributed by atoms with Crippen molar-refractivity contribution in [2.75, 3.05) is 16.3 Å². The monoisotopic (exact) mass is 539 g/mol. The molecule has 1 radical (unpaired) electrons. The molecule has 0 atom stereocenters. The average Bonchev–Trinajstić information content (AvgIpc) is 2.97. The van der Waals surface area contributed by atoms with Crippen molar-refractivity contribution >= 4 is 17.1 Å². The van der Waals surface area contributed by atoms with E-state index in [1.165, 1.54) is 35.3 Å². The second-order valence-corrected chi connectivity index (χ2v) is 9.08. The van der Waals surface area contributed by atoms with Gasteiger partial charge in [-0.25, -0.2) is 0 Å². The van der Waals surface area contributed by atoms with Gasteiger partial charge in [0, 0.05) is 31.5 Å². The molecule has 1 aliphatic heterocycles. The Kier molecular flexibility index (Phi) is 5.49. The zero-order valence-electron chi connectivity index (χ0n) is 17.1. The largest absolute Gasteiger partial charge is 0.501 e. The van der Waals surface area contributed by atoms with E-state index in [1.807, 2.05) is 12.1 Å². The van der Waals surface area contributed by atoms with Gasteiger partial charge in [-0.2, -0.15) is 37.0 Å². The molecule has 27 heavy (non-hydrogen) atoms. The molecule has 0 saturated heterocycles. The van der Waals surface area contributed by atoms with Gasteiger partial charge in [-0.05, 0) is 59.9 Å². The third kappa shape index (κ3) is 3.45. The third-order valence-corrected chi connectivity index (χ3v) is 6.19. The van der Waals surface area contributed by atoms with Crippen LogP contribution in [0.3, 0.4) is 0 Å². The van der Waals surface area contributed by atoms with Crippen molar-refractivity contribution in [3.63, 3.8) is 0 Å². The van der Waals surface area contributed by atoms with Crippen molar-refractivity contribution in [2.24, 2.45) is 0 Å². The zero-order chi connectivity index (χ0) is 18.5. The molecule has 1 heterocycles. The average molecular weight is 539 g/mol. The molecule has 3 heteroatoms. The van der Waals surface area contributed by atoms with Crippen molar-refractivity contribution in [3.8, 4) is 0 Å². The van der Waals surface area contributed by atoms with Gasteiger partial charge in [0.25, 0.3) is 0 Å². The van der Waals surface area contributed by atoms with Crippen LogP contribution >= 0.6 is 0 Å². The fraction of sp³-hybridized carbons (Fsp3) is 0.458. The minimum Gasteiger partial charge on any atom is -0.501 e. The summed E-state index contributed by atoms with van der Waals surface area (Å²) in [5.74, 6) is 0. The summed E-state index contributed by atoms with van der Waals surface area (Å²) in [5.41, 5.74) is 7.26. The molecule has 2 aliphatic rings. The summed E-state index contributed by atoms with van der Waals surface area (Å²) in [6, 6.07) is 16.6. The number of hydrogen-bond donors (Lipinski definition) is 0. The number of fused-ring (bicyclic) bond motifs is 2. The first-order valence-electron chi connectivity index (χ1n) is 9.90. The minimum absolute atomic E-state index is 0. The van der Waals surface area contributed by atoms with E-state index in [9.17, 15) is 0 Å². The smallest absolute Gasteiger partial charge is 0.0329 e. The van der Waals surface area contributed by atoms with Gasteiger partial charge in [0.2, 0.25) is 0 Å². The molecule has 0 aromatic heterocycles. The Bertz CT molecular complexity index is 811. The van der Waals surface area contributed by atoms with Gasteiger partial charge in [-0.3, -0.25) is 0 Å². The SMILES string of the molecule is CCCN1[CH-]N(c2[c-]cccc2)c2cc3c(cc21)C(C)(C)CCC3(C)C.[Ir]. The van der Waals surface area contributed by atoms with E-state index < -0.39 is 0 Å². The molecule has 0 saturated carbocycles. The Hall–Kier alpha value is -1.31. The summed E-state index contributed by atoms with van der Waals surface area (Å²) in [6.45, 7) is 15.1. The molecule has 147 valence electrons. The van der Waals surface area contributed by atoms with E-state index in [4.69, 9.17) is 0 Å². The molecule has 0 spiro atoms. The Morgan fingerprint density at radius 3 is 2.19 bits per heavy atom. The van der Waals surface area contributed by atoms with E-state index in [-0.39, 0.29) is 30.9 Å². The fourth-order valence-corrected chi connectivity index (χ4v) is 4.42. The van der Waals surface area contributed by atoms with Gasteiger partial charge in [-0.1, -0.05) is 34.6 Å². The molecule has 0 bridgehead atoms. The van der Waals surface area contributed by atoms with Crippen LogP contribution in [0.1, 0.15) is 65.0 Å². The van der Waals surface area contributed by atoms with Crippen LogP contribution in [-0.2, 0) is 30.9 Å². The molecule has 0 N–H and O–H groups in total. The molecular weight excluding hydrogens is 508 g/mol. The van der Waals surface area contributed by atoms with Crippen LogP contribution in [0.5, 0.6) is 0 Å². The molecule has 1 aliphatic carbocycles.